The van der Waals surface area contributed by atoms with E-state index in [2.05, 4.69) is 10.1 Å². The second-order valence-corrected chi connectivity index (χ2v) is 3.94. The molecule has 2 N–H and O–H groups in total. The monoisotopic (exact) mass is 263 g/mol. The van der Waals surface area contributed by atoms with E-state index >= 15 is 0 Å². The van der Waals surface area contributed by atoms with Crippen molar-refractivity contribution in [1.29, 1.82) is 0 Å². The van der Waals surface area contributed by atoms with Gasteiger partial charge in [-0.15, -0.1) is 0 Å². The Morgan fingerprint density at radius 2 is 2.16 bits per heavy atom. The Morgan fingerprint density at radius 3 is 2.79 bits per heavy atom. The van der Waals surface area contributed by atoms with Gasteiger partial charge in [-0.3, -0.25) is 0 Å². The highest BCUT2D eigenvalue weighted by atomic mass is 16.5. The highest BCUT2D eigenvalue weighted by molar-refractivity contribution is 5.42. The van der Waals surface area contributed by atoms with Crippen molar-refractivity contribution >= 4 is 0 Å². The molecule has 0 amide bonds. The third-order valence-electron chi connectivity index (χ3n) is 2.64. The van der Waals surface area contributed by atoms with Crippen LogP contribution in [0.2, 0.25) is 0 Å². The molecule has 0 fully saturated rings. The topological polar surface area (TPSA) is 83.4 Å². The van der Waals surface area contributed by atoms with Crippen LogP contribution in [0.5, 0.6) is 11.5 Å². The predicted molar refractivity (Wildman–Crippen MR) is 68.9 cm³/mol. The predicted octanol–water partition coefficient (Wildman–Crippen LogP) is 1.68. The minimum absolute atomic E-state index is 0.206. The van der Waals surface area contributed by atoms with Crippen molar-refractivity contribution in [3.8, 4) is 11.5 Å². The van der Waals surface area contributed by atoms with Crippen molar-refractivity contribution < 1.29 is 14.0 Å². The number of nitrogens with zero attached hydrogens (tertiary/aromatic N) is 2. The highest BCUT2D eigenvalue weighted by Gasteiger charge is 2.09. The molecule has 6 nitrogen and oxygen atoms in total. The van der Waals surface area contributed by atoms with Gasteiger partial charge in [-0.25, -0.2) is 0 Å². The average molecular weight is 263 g/mol. The van der Waals surface area contributed by atoms with Gasteiger partial charge in [-0.1, -0.05) is 18.1 Å². The van der Waals surface area contributed by atoms with Crippen LogP contribution >= 0.6 is 0 Å². The van der Waals surface area contributed by atoms with E-state index in [1.54, 1.807) is 7.11 Å². The van der Waals surface area contributed by atoms with Gasteiger partial charge < -0.3 is 19.7 Å². The minimum atomic E-state index is 0.206. The summed E-state index contributed by atoms with van der Waals surface area (Å²) in [4.78, 5) is 4.17. The fourth-order valence-electron chi connectivity index (χ4n) is 1.59. The zero-order chi connectivity index (χ0) is 13.7. The molecule has 1 aromatic heterocycles. The first-order valence-corrected chi connectivity index (χ1v) is 6.08. The summed E-state index contributed by atoms with van der Waals surface area (Å²) < 4.78 is 15.9. The largest absolute Gasteiger partial charge is 0.493 e. The molecule has 0 aliphatic carbocycles. The van der Waals surface area contributed by atoms with Gasteiger partial charge in [0.25, 0.3) is 5.89 Å². The maximum absolute atomic E-state index is 5.64. The Hall–Kier alpha value is -2.08. The number of aryl methyl sites for hydroxylation is 1. The number of aromatic nitrogens is 2. The molecule has 2 aromatic rings. The first-order chi connectivity index (χ1) is 9.26. The van der Waals surface area contributed by atoms with E-state index in [1.165, 1.54) is 0 Å². The van der Waals surface area contributed by atoms with E-state index in [1.807, 2.05) is 25.1 Å². The number of benzene rings is 1. The summed E-state index contributed by atoms with van der Waals surface area (Å²) in [6.07, 6.45) is 0.732. The Bertz CT molecular complexity index is 540. The average Bonchev–Trinajstić information content (AvgIpc) is 2.92. The lowest BCUT2D eigenvalue weighted by atomic mass is 10.2. The molecule has 0 radical (unpaired) electrons. The Labute approximate surface area is 111 Å². The van der Waals surface area contributed by atoms with Crippen molar-refractivity contribution in [2.75, 3.05) is 7.11 Å². The first-order valence-electron chi connectivity index (χ1n) is 6.08. The van der Waals surface area contributed by atoms with Crippen LogP contribution in [-0.4, -0.2) is 17.3 Å². The second kappa shape index (κ2) is 6.19. The van der Waals surface area contributed by atoms with Gasteiger partial charge in [-0.05, 0) is 17.7 Å². The zero-order valence-corrected chi connectivity index (χ0v) is 11.0. The third-order valence-corrected chi connectivity index (χ3v) is 2.64. The summed E-state index contributed by atoms with van der Waals surface area (Å²) in [7, 11) is 1.59. The van der Waals surface area contributed by atoms with Gasteiger partial charge in [0.15, 0.2) is 23.9 Å². The van der Waals surface area contributed by atoms with Gasteiger partial charge in [0, 0.05) is 13.0 Å². The summed E-state index contributed by atoms with van der Waals surface area (Å²) in [5.74, 6) is 2.37. The molecule has 1 aromatic carbocycles. The Balaban J connectivity index is 2.09. The van der Waals surface area contributed by atoms with Crippen LogP contribution in [0.15, 0.2) is 22.7 Å². The molecule has 0 atom stereocenters. The molecule has 1 heterocycles. The van der Waals surface area contributed by atoms with Crippen molar-refractivity contribution in [1.82, 2.24) is 10.1 Å². The number of hydrogen-bond acceptors (Lipinski definition) is 6. The third kappa shape index (κ3) is 3.23. The smallest absolute Gasteiger partial charge is 0.264 e. The molecule has 0 bridgehead atoms. The van der Waals surface area contributed by atoms with Crippen LogP contribution in [0.1, 0.15) is 24.2 Å². The first kappa shape index (κ1) is 13.4. The molecule has 0 unspecified atom stereocenters. The summed E-state index contributed by atoms with van der Waals surface area (Å²) in [6, 6.07) is 5.56. The molecule has 0 aliphatic heterocycles. The van der Waals surface area contributed by atoms with Gasteiger partial charge in [-0.2, -0.15) is 4.98 Å². The van der Waals surface area contributed by atoms with Crippen LogP contribution < -0.4 is 15.2 Å². The van der Waals surface area contributed by atoms with E-state index in [9.17, 15) is 0 Å². The molecule has 6 heteroatoms. The van der Waals surface area contributed by atoms with E-state index in [0.29, 0.717) is 29.8 Å². The number of ether oxygens (including phenoxy) is 2. The van der Waals surface area contributed by atoms with E-state index in [-0.39, 0.29) is 6.61 Å². The zero-order valence-electron chi connectivity index (χ0n) is 11.0. The Morgan fingerprint density at radius 1 is 1.32 bits per heavy atom. The van der Waals surface area contributed by atoms with E-state index in [4.69, 9.17) is 19.7 Å². The van der Waals surface area contributed by atoms with Gasteiger partial charge in [0.05, 0.1) is 7.11 Å². The molecular formula is C13H17N3O3. The summed E-state index contributed by atoms with van der Waals surface area (Å²) >= 11 is 0. The summed E-state index contributed by atoms with van der Waals surface area (Å²) in [5, 5.41) is 3.81. The molecule has 0 aliphatic rings. The number of rotatable bonds is 6. The fourth-order valence-corrected chi connectivity index (χ4v) is 1.59. The standard InChI is InChI=1S/C13H17N3O3/c1-3-12-15-13(19-16-12)8-18-11-6-9(7-14)4-5-10(11)17-2/h4-6H,3,7-8,14H2,1-2H3. The van der Waals surface area contributed by atoms with Gasteiger partial charge >= 0.3 is 0 Å². The lowest BCUT2D eigenvalue weighted by Gasteiger charge is -2.10. The molecule has 19 heavy (non-hydrogen) atoms. The van der Waals surface area contributed by atoms with Crippen LogP contribution in [0.4, 0.5) is 0 Å². The van der Waals surface area contributed by atoms with Crippen LogP contribution in [0.25, 0.3) is 0 Å². The van der Waals surface area contributed by atoms with Gasteiger partial charge in [0.2, 0.25) is 0 Å². The van der Waals surface area contributed by atoms with Crippen molar-refractivity contribution in [3.63, 3.8) is 0 Å². The molecule has 2 rings (SSSR count). The lowest BCUT2D eigenvalue weighted by Crippen LogP contribution is -2.01. The molecular weight excluding hydrogens is 246 g/mol. The van der Waals surface area contributed by atoms with E-state index in [0.717, 1.165) is 12.0 Å². The van der Waals surface area contributed by atoms with Crippen LogP contribution in [0.3, 0.4) is 0 Å². The van der Waals surface area contributed by atoms with Crippen LogP contribution in [0, 0.1) is 0 Å². The minimum Gasteiger partial charge on any atom is -0.493 e. The summed E-state index contributed by atoms with van der Waals surface area (Å²) in [6.45, 7) is 2.61. The number of nitrogens with two attached hydrogens (primary N) is 1. The number of methoxy groups -OCH3 is 1. The molecule has 0 spiro atoms. The molecule has 102 valence electrons. The fraction of sp³-hybridized carbons (Fsp3) is 0.385. The molecule has 0 saturated heterocycles. The maximum atomic E-state index is 5.64. The van der Waals surface area contributed by atoms with Gasteiger partial charge in [0.1, 0.15) is 0 Å². The quantitative estimate of drug-likeness (QED) is 0.853. The highest BCUT2D eigenvalue weighted by Crippen LogP contribution is 2.28. The summed E-state index contributed by atoms with van der Waals surface area (Å²) in [5.41, 5.74) is 6.57. The Kier molecular flexibility index (Phi) is 4.35. The van der Waals surface area contributed by atoms with Crippen LogP contribution in [-0.2, 0) is 19.6 Å². The normalized spacial score (nSPS) is 10.5. The van der Waals surface area contributed by atoms with Crippen molar-refractivity contribution in [2.45, 2.75) is 26.5 Å². The second-order valence-electron chi connectivity index (χ2n) is 3.94. The van der Waals surface area contributed by atoms with Crippen molar-refractivity contribution in [3.05, 3.63) is 35.5 Å². The van der Waals surface area contributed by atoms with E-state index < -0.39 is 0 Å². The molecule has 0 saturated carbocycles. The maximum Gasteiger partial charge on any atom is 0.264 e. The number of hydrogen-bond donors (Lipinski definition) is 1. The SMILES string of the molecule is CCc1noc(COc2cc(CN)ccc2OC)n1. The lowest BCUT2D eigenvalue weighted by molar-refractivity contribution is 0.233. The van der Waals surface area contributed by atoms with Crippen molar-refractivity contribution in [2.24, 2.45) is 5.73 Å².